The van der Waals surface area contributed by atoms with Crippen molar-refractivity contribution in [3.05, 3.63) is 105 Å². The molecule has 4 aromatic rings. The van der Waals surface area contributed by atoms with Crippen molar-refractivity contribution >= 4 is 24.8 Å². The van der Waals surface area contributed by atoms with Crippen LogP contribution in [0.25, 0.3) is 32.7 Å². The van der Waals surface area contributed by atoms with Gasteiger partial charge in [0.15, 0.2) is 0 Å². The van der Waals surface area contributed by atoms with Gasteiger partial charge in [0.2, 0.25) is 0 Å². The number of rotatable bonds is 2. The first kappa shape index (κ1) is 26.1. The van der Waals surface area contributed by atoms with Gasteiger partial charge in [-0.2, -0.15) is 0 Å². The van der Waals surface area contributed by atoms with Gasteiger partial charge in [-0.3, -0.25) is 0 Å². The monoisotopic (exact) mass is 624 g/mol. The predicted molar refractivity (Wildman–Crippen MR) is 153 cm³/mol. The van der Waals surface area contributed by atoms with Gasteiger partial charge in [-0.05, 0) is 0 Å². The van der Waals surface area contributed by atoms with Crippen LogP contribution in [0.5, 0.6) is 0 Å². The molecule has 1 atom stereocenters. The minimum Gasteiger partial charge on any atom is -1.00 e. The van der Waals surface area contributed by atoms with Crippen molar-refractivity contribution in [2.75, 3.05) is 0 Å². The average molecular weight is 627 g/mol. The van der Waals surface area contributed by atoms with E-state index in [0.29, 0.717) is 3.63 Å². The van der Waals surface area contributed by atoms with Crippen molar-refractivity contribution in [1.82, 2.24) is 0 Å². The largest absolute Gasteiger partial charge is 1.00 e. The van der Waals surface area contributed by atoms with Gasteiger partial charge in [0.1, 0.15) is 0 Å². The second kappa shape index (κ2) is 9.94. The molecule has 1 unspecified atom stereocenters. The third-order valence-corrected chi connectivity index (χ3v) is 19.6. The summed E-state index contributed by atoms with van der Waals surface area (Å²) < 4.78 is 4.63. The third-order valence-electron chi connectivity index (χ3n) is 10.5. The molecular weight excluding hydrogens is 595 g/mol. The number of halogens is 2. The SMILES string of the molecule is C1=CC[C]([Zr+2](=[C]2C3CC4CC(C3)CC2C4)[CH]2c3ccccc3-c3c2c2ccccc2c2ccccc32)=C1.[Cl-].[Cl-]. The van der Waals surface area contributed by atoms with Crippen LogP contribution in [0.4, 0.5) is 0 Å². The molecule has 3 heteroatoms. The number of hydrogen-bond acceptors (Lipinski definition) is 0. The number of benzene rings is 4. The predicted octanol–water partition coefficient (Wildman–Crippen LogP) is 3.16. The molecule has 4 aromatic carbocycles. The zero-order chi connectivity index (χ0) is 24.1. The van der Waals surface area contributed by atoms with Gasteiger partial charge in [0, 0.05) is 0 Å². The molecule has 6 aliphatic carbocycles. The molecule has 0 aromatic heterocycles. The molecule has 0 saturated heterocycles. The summed E-state index contributed by atoms with van der Waals surface area (Å²) in [4.78, 5) is 0. The molecule has 4 bridgehead atoms. The first-order valence-electron chi connectivity index (χ1n) is 14.5. The van der Waals surface area contributed by atoms with Gasteiger partial charge in [-0.25, -0.2) is 0 Å². The Morgan fingerprint density at radius 2 is 1.21 bits per heavy atom. The number of allylic oxidation sites excluding steroid dienone is 4. The van der Waals surface area contributed by atoms with Crippen LogP contribution in [0.15, 0.2) is 94.3 Å². The van der Waals surface area contributed by atoms with Crippen LogP contribution in [0, 0.1) is 23.7 Å². The van der Waals surface area contributed by atoms with E-state index in [9.17, 15) is 0 Å². The van der Waals surface area contributed by atoms with E-state index in [1.54, 1.807) is 16.7 Å². The topological polar surface area (TPSA) is 0 Å². The van der Waals surface area contributed by atoms with Crippen molar-refractivity contribution in [1.29, 1.82) is 0 Å². The molecule has 4 fully saturated rings. The van der Waals surface area contributed by atoms with E-state index in [4.69, 9.17) is 0 Å². The third kappa shape index (κ3) is 3.76. The van der Waals surface area contributed by atoms with Gasteiger partial charge in [0.05, 0.1) is 0 Å². The number of hydrogen-bond donors (Lipinski definition) is 0. The smallest absolute Gasteiger partial charge is 1.00 e. The Balaban J connectivity index is 0.00000127. The van der Waals surface area contributed by atoms with Crippen LogP contribution < -0.4 is 24.8 Å². The fourth-order valence-electron chi connectivity index (χ4n) is 9.51. The zero-order valence-electron chi connectivity index (χ0n) is 22.0. The summed E-state index contributed by atoms with van der Waals surface area (Å²) in [6.45, 7) is 0. The molecule has 10 rings (SSSR count). The van der Waals surface area contributed by atoms with Crippen LogP contribution >= 0.6 is 0 Å². The summed E-state index contributed by atoms with van der Waals surface area (Å²) >= 11 is -2.28. The molecule has 6 aliphatic rings. The molecule has 0 radical (unpaired) electrons. The van der Waals surface area contributed by atoms with Gasteiger partial charge in [-0.15, -0.1) is 0 Å². The van der Waals surface area contributed by atoms with Crippen LogP contribution in [0.2, 0.25) is 0 Å². The number of fused-ring (bicyclic) bond motifs is 8. The van der Waals surface area contributed by atoms with Gasteiger partial charge < -0.3 is 24.8 Å². The van der Waals surface area contributed by atoms with Gasteiger partial charge >= 0.3 is 228 Å². The van der Waals surface area contributed by atoms with Gasteiger partial charge in [0.25, 0.3) is 0 Å². The maximum atomic E-state index is 2.58. The molecule has 194 valence electrons. The fourth-order valence-corrected chi connectivity index (χ4v) is 19.8. The van der Waals surface area contributed by atoms with Crippen molar-refractivity contribution < 1.29 is 46.1 Å². The Labute approximate surface area is 251 Å². The van der Waals surface area contributed by atoms with E-state index in [1.807, 2.05) is 3.28 Å². The quantitative estimate of drug-likeness (QED) is 0.300. The van der Waals surface area contributed by atoms with E-state index >= 15 is 0 Å². The summed E-state index contributed by atoms with van der Waals surface area (Å²) in [7, 11) is 0. The molecule has 0 nitrogen and oxygen atoms in total. The Bertz CT molecular complexity index is 1700. The summed E-state index contributed by atoms with van der Waals surface area (Å²) in [6.07, 6.45) is 16.2. The zero-order valence-corrected chi connectivity index (χ0v) is 26.0. The standard InChI is InChI=1S/C21H13.C10H14.C5H5.2ClH.Zr/c1-2-8-15-14(7-1)13-20-18-11-4-3-9-16(18)17-10-5-6-12-19(17)21(15)20;1-7-2-9-4-8(1)5-10(3-7)6-9;1-2-4-5-3-1;;;/h1-13H;7-10H,1-5H2;1-3H,4H2;2*1H;/q;;;;;+2/p-2. The summed E-state index contributed by atoms with van der Waals surface area (Å²) in [5.41, 5.74) is 6.43. The first-order chi connectivity index (χ1) is 18.3. The first-order valence-corrected chi connectivity index (χ1v) is 18.4. The van der Waals surface area contributed by atoms with E-state index in [2.05, 4.69) is 94.2 Å². The summed E-state index contributed by atoms with van der Waals surface area (Å²) in [5, 5.41) is 5.85. The normalized spacial score (nSPS) is 27.0. The van der Waals surface area contributed by atoms with Crippen molar-refractivity contribution in [3.8, 4) is 11.1 Å². The van der Waals surface area contributed by atoms with E-state index < -0.39 is 21.3 Å². The van der Waals surface area contributed by atoms with Crippen molar-refractivity contribution in [3.63, 3.8) is 0 Å². The maximum absolute atomic E-state index is 2.58. The van der Waals surface area contributed by atoms with Crippen LogP contribution in [0.3, 0.4) is 0 Å². The summed E-state index contributed by atoms with van der Waals surface area (Å²) in [5.74, 6) is 3.91. The molecule has 0 heterocycles. The Kier molecular flexibility index (Phi) is 6.66. The Morgan fingerprint density at radius 1 is 0.615 bits per heavy atom. The van der Waals surface area contributed by atoms with E-state index in [1.165, 1.54) is 65.6 Å². The molecule has 0 N–H and O–H groups in total. The van der Waals surface area contributed by atoms with Crippen LogP contribution in [-0.4, -0.2) is 3.21 Å². The second-order valence-electron chi connectivity index (χ2n) is 12.4. The molecule has 0 spiro atoms. The summed E-state index contributed by atoms with van der Waals surface area (Å²) in [6, 6.07) is 28.2. The molecule has 0 amide bonds. The Morgan fingerprint density at radius 3 is 1.87 bits per heavy atom. The van der Waals surface area contributed by atoms with E-state index in [-0.39, 0.29) is 24.8 Å². The van der Waals surface area contributed by atoms with Crippen molar-refractivity contribution in [2.24, 2.45) is 23.7 Å². The molecular formula is C36H32Cl2Zr. The van der Waals surface area contributed by atoms with E-state index in [0.717, 1.165) is 23.7 Å². The molecule has 0 aliphatic heterocycles. The average Bonchev–Trinajstić information content (AvgIpc) is 3.58. The maximum Gasteiger partial charge on any atom is -1.00 e. The van der Waals surface area contributed by atoms with Gasteiger partial charge in [-0.1, -0.05) is 0 Å². The fraction of sp³-hybridized carbons (Fsp3) is 0.306. The molecule has 4 saturated carbocycles. The van der Waals surface area contributed by atoms with Crippen molar-refractivity contribution in [2.45, 2.75) is 42.2 Å². The molecule has 39 heavy (non-hydrogen) atoms. The second-order valence-corrected chi connectivity index (χ2v) is 18.8. The van der Waals surface area contributed by atoms with Crippen LogP contribution in [-0.2, 0) is 21.3 Å². The minimum atomic E-state index is -2.28. The minimum absolute atomic E-state index is 0. The van der Waals surface area contributed by atoms with Crippen LogP contribution in [0.1, 0.15) is 53.3 Å². The Hall–Kier alpha value is -1.79.